The summed E-state index contributed by atoms with van der Waals surface area (Å²) in [6, 6.07) is 0. The van der Waals surface area contributed by atoms with Crippen LogP contribution in [0.5, 0.6) is 0 Å². The third kappa shape index (κ3) is 6.63. The van der Waals surface area contributed by atoms with E-state index in [2.05, 4.69) is 13.8 Å². The topological polar surface area (TPSA) is 54.4 Å². The quantitative estimate of drug-likeness (QED) is 0.687. The Morgan fingerprint density at radius 3 is 2.07 bits per heavy atom. The van der Waals surface area contributed by atoms with Gasteiger partial charge in [0.15, 0.2) is 0 Å². The number of carboxylic acid groups (broad SMARTS) is 1. The van der Waals surface area contributed by atoms with Crippen molar-refractivity contribution >= 4 is 11.8 Å². The molecule has 0 aromatic rings. The Morgan fingerprint density at radius 2 is 1.64 bits per heavy atom. The van der Waals surface area contributed by atoms with E-state index >= 15 is 0 Å². The Labute approximate surface area is 85.5 Å². The molecule has 3 nitrogen and oxygen atoms in total. The summed E-state index contributed by atoms with van der Waals surface area (Å²) in [7, 11) is 0. The number of hydrogen-bond acceptors (Lipinski definition) is 2. The summed E-state index contributed by atoms with van der Waals surface area (Å²) < 4.78 is 0. The van der Waals surface area contributed by atoms with Gasteiger partial charge in [0.2, 0.25) is 0 Å². The minimum absolute atomic E-state index is 0.0919. The van der Waals surface area contributed by atoms with Crippen LogP contribution in [0.15, 0.2) is 0 Å². The SMILES string of the molecule is CC(C)CCC(=O)C(C)CCC(=O)O. The number of hydrogen-bond donors (Lipinski definition) is 1. The number of aliphatic carboxylic acids is 1. The van der Waals surface area contributed by atoms with Gasteiger partial charge >= 0.3 is 5.97 Å². The van der Waals surface area contributed by atoms with E-state index in [1.165, 1.54) is 0 Å². The van der Waals surface area contributed by atoms with Crippen LogP contribution in [0, 0.1) is 11.8 Å². The molecular weight excluding hydrogens is 180 g/mol. The van der Waals surface area contributed by atoms with E-state index in [9.17, 15) is 9.59 Å². The first-order chi connectivity index (χ1) is 6.43. The van der Waals surface area contributed by atoms with Gasteiger partial charge in [0.1, 0.15) is 5.78 Å². The summed E-state index contributed by atoms with van der Waals surface area (Å²) >= 11 is 0. The van der Waals surface area contributed by atoms with E-state index in [0.29, 0.717) is 18.8 Å². The van der Waals surface area contributed by atoms with Gasteiger partial charge in [-0.1, -0.05) is 20.8 Å². The molecule has 0 fully saturated rings. The molecule has 3 heteroatoms. The Hall–Kier alpha value is -0.860. The van der Waals surface area contributed by atoms with Crippen molar-refractivity contribution in [2.75, 3.05) is 0 Å². The maximum Gasteiger partial charge on any atom is 0.303 e. The van der Waals surface area contributed by atoms with Crippen LogP contribution in [0.1, 0.15) is 46.5 Å². The second kappa shape index (κ2) is 6.57. The number of carbonyl (C=O) groups is 2. The molecule has 0 amide bonds. The molecule has 0 spiro atoms. The van der Waals surface area contributed by atoms with Gasteiger partial charge in [-0.15, -0.1) is 0 Å². The minimum atomic E-state index is -0.825. The lowest BCUT2D eigenvalue weighted by Crippen LogP contribution is -2.13. The smallest absolute Gasteiger partial charge is 0.303 e. The first-order valence-corrected chi connectivity index (χ1v) is 5.18. The maximum absolute atomic E-state index is 11.5. The molecule has 1 atom stereocenters. The Balaban J connectivity index is 3.70. The molecule has 0 aromatic carbocycles. The maximum atomic E-state index is 11.5. The summed E-state index contributed by atoms with van der Waals surface area (Å²) in [5, 5.41) is 8.45. The average molecular weight is 200 g/mol. The Morgan fingerprint density at radius 1 is 1.07 bits per heavy atom. The van der Waals surface area contributed by atoms with Gasteiger partial charge in [-0.3, -0.25) is 9.59 Å². The van der Waals surface area contributed by atoms with Crippen molar-refractivity contribution < 1.29 is 14.7 Å². The van der Waals surface area contributed by atoms with Gasteiger partial charge in [-0.25, -0.2) is 0 Å². The molecule has 0 saturated heterocycles. The molecule has 1 N–H and O–H groups in total. The molecular formula is C11H20O3. The number of rotatable bonds is 7. The zero-order chi connectivity index (χ0) is 11.1. The number of Topliss-reactive ketones (excluding diaryl/α,β-unsaturated/α-hetero) is 1. The van der Waals surface area contributed by atoms with E-state index < -0.39 is 5.97 Å². The van der Waals surface area contributed by atoms with Crippen molar-refractivity contribution in [1.29, 1.82) is 0 Å². The molecule has 0 saturated carbocycles. The number of ketones is 1. The first-order valence-electron chi connectivity index (χ1n) is 5.18. The van der Waals surface area contributed by atoms with E-state index in [1.54, 1.807) is 0 Å². The number of carbonyl (C=O) groups excluding carboxylic acids is 1. The highest BCUT2D eigenvalue weighted by atomic mass is 16.4. The molecule has 14 heavy (non-hydrogen) atoms. The fourth-order valence-corrected chi connectivity index (χ4v) is 1.18. The highest BCUT2D eigenvalue weighted by Crippen LogP contribution is 2.13. The Kier molecular flexibility index (Phi) is 6.17. The van der Waals surface area contributed by atoms with Gasteiger partial charge in [-0.2, -0.15) is 0 Å². The van der Waals surface area contributed by atoms with E-state index in [-0.39, 0.29) is 18.1 Å². The van der Waals surface area contributed by atoms with Crippen molar-refractivity contribution in [3.63, 3.8) is 0 Å². The second-order valence-electron chi connectivity index (χ2n) is 4.23. The van der Waals surface area contributed by atoms with Crippen LogP contribution < -0.4 is 0 Å². The lowest BCUT2D eigenvalue weighted by Gasteiger charge is -2.09. The highest BCUT2D eigenvalue weighted by molar-refractivity contribution is 5.81. The van der Waals surface area contributed by atoms with Gasteiger partial charge in [-0.05, 0) is 18.8 Å². The van der Waals surface area contributed by atoms with Crippen LogP contribution in [0.3, 0.4) is 0 Å². The largest absolute Gasteiger partial charge is 0.481 e. The normalized spacial score (nSPS) is 12.9. The zero-order valence-corrected chi connectivity index (χ0v) is 9.25. The highest BCUT2D eigenvalue weighted by Gasteiger charge is 2.14. The predicted octanol–water partition coefficient (Wildman–Crippen LogP) is 2.49. The van der Waals surface area contributed by atoms with Crippen molar-refractivity contribution in [2.45, 2.75) is 46.5 Å². The van der Waals surface area contributed by atoms with Crippen molar-refractivity contribution in [2.24, 2.45) is 11.8 Å². The van der Waals surface area contributed by atoms with Crippen LogP contribution in [-0.4, -0.2) is 16.9 Å². The van der Waals surface area contributed by atoms with Gasteiger partial charge < -0.3 is 5.11 Å². The second-order valence-corrected chi connectivity index (χ2v) is 4.23. The molecule has 0 bridgehead atoms. The monoisotopic (exact) mass is 200 g/mol. The first kappa shape index (κ1) is 13.1. The third-order valence-electron chi connectivity index (χ3n) is 2.31. The van der Waals surface area contributed by atoms with Gasteiger partial charge in [0, 0.05) is 18.8 Å². The molecule has 0 rings (SSSR count). The molecule has 0 aliphatic rings. The van der Waals surface area contributed by atoms with Crippen LogP contribution in [-0.2, 0) is 9.59 Å². The molecule has 0 aromatic heterocycles. The fourth-order valence-electron chi connectivity index (χ4n) is 1.18. The van der Waals surface area contributed by atoms with Crippen molar-refractivity contribution in [1.82, 2.24) is 0 Å². The minimum Gasteiger partial charge on any atom is -0.481 e. The molecule has 0 radical (unpaired) electrons. The zero-order valence-electron chi connectivity index (χ0n) is 9.25. The van der Waals surface area contributed by atoms with E-state index in [0.717, 1.165) is 6.42 Å². The summed E-state index contributed by atoms with van der Waals surface area (Å²) in [6.07, 6.45) is 2.04. The lowest BCUT2D eigenvalue weighted by molar-refractivity contribution is -0.137. The standard InChI is InChI=1S/C11H20O3/c1-8(2)4-6-10(12)9(3)5-7-11(13)14/h8-9H,4-7H2,1-3H3,(H,13,14). The summed E-state index contributed by atoms with van der Waals surface area (Å²) in [4.78, 5) is 21.7. The molecule has 1 unspecified atom stereocenters. The van der Waals surface area contributed by atoms with Crippen molar-refractivity contribution in [3.05, 3.63) is 0 Å². The van der Waals surface area contributed by atoms with Crippen LogP contribution in [0.4, 0.5) is 0 Å². The Bertz CT molecular complexity index is 197. The summed E-state index contributed by atoms with van der Waals surface area (Å²) in [6.45, 7) is 5.97. The predicted molar refractivity (Wildman–Crippen MR) is 55.1 cm³/mol. The molecule has 82 valence electrons. The lowest BCUT2D eigenvalue weighted by atomic mass is 9.95. The number of carboxylic acids is 1. The van der Waals surface area contributed by atoms with Crippen LogP contribution in [0.25, 0.3) is 0 Å². The molecule has 0 aliphatic carbocycles. The van der Waals surface area contributed by atoms with Crippen LogP contribution in [0.2, 0.25) is 0 Å². The fraction of sp³-hybridized carbons (Fsp3) is 0.818. The third-order valence-corrected chi connectivity index (χ3v) is 2.31. The summed E-state index contributed by atoms with van der Waals surface area (Å²) in [5.74, 6) is -0.205. The van der Waals surface area contributed by atoms with Crippen LogP contribution >= 0.6 is 0 Å². The molecule has 0 heterocycles. The van der Waals surface area contributed by atoms with Crippen molar-refractivity contribution in [3.8, 4) is 0 Å². The van der Waals surface area contributed by atoms with Gasteiger partial charge in [0.25, 0.3) is 0 Å². The summed E-state index contributed by atoms with van der Waals surface area (Å²) in [5.41, 5.74) is 0. The van der Waals surface area contributed by atoms with Gasteiger partial charge in [0.05, 0.1) is 0 Å². The van der Waals surface area contributed by atoms with E-state index in [4.69, 9.17) is 5.11 Å². The molecule has 0 aliphatic heterocycles. The van der Waals surface area contributed by atoms with E-state index in [1.807, 2.05) is 6.92 Å². The average Bonchev–Trinajstić information content (AvgIpc) is 2.09.